The number of H-pyrrole nitrogens is 2. The highest BCUT2D eigenvalue weighted by molar-refractivity contribution is 6.01. The first-order chi connectivity index (χ1) is 25.2. The number of carboxylic acid groups (broad SMARTS) is 1. The van der Waals surface area contributed by atoms with Gasteiger partial charge in [0.2, 0.25) is 0 Å². The van der Waals surface area contributed by atoms with Gasteiger partial charge in [0.1, 0.15) is 11.6 Å². The third-order valence-corrected chi connectivity index (χ3v) is 9.45. The Balaban J connectivity index is 1.57. The SMILES string of the molecule is Cc1ccc(-c2c3nc(c(-c4ccc(C)cc4)c4ccc([nH]4)c(-c4ccc(C)cc4)c4nc(c(/C=C(/C#N)C(=O)O)c5ccc2[nH]5)C=C4)C=C3)cc1. The van der Waals surface area contributed by atoms with Gasteiger partial charge in [-0.15, -0.1) is 0 Å². The molecule has 6 aromatic rings. The third kappa shape index (κ3) is 5.93. The van der Waals surface area contributed by atoms with E-state index in [1.54, 1.807) is 0 Å². The van der Waals surface area contributed by atoms with Crippen LogP contribution in [-0.4, -0.2) is 31.0 Å². The Bertz CT molecular complexity index is 2670. The standard InChI is InChI=1S/C45H33N5O2/c1-26-4-10-29(11-5-26)42-36-18-16-34(47-36)33(24-32(25-46)45(51)52)35-17-19-37(48-35)43(30-12-6-27(2)7-13-30)39-21-23-41(50-39)44(40-22-20-38(42)49-40)31-14-8-28(3)9-15-31/h4-24,47,50H,1-3H3,(H,51,52)/b32-24-,34-33?,35-33?,42-36?,42-38?,43-37?,43-39?,44-40?,44-41?. The molecular weight excluding hydrogens is 643 g/mol. The van der Waals surface area contributed by atoms with E-state index in [9.17, 15) is 15.2 Å². The van der Waals surface area contributed by atoms with E-state index in [4.69, 9.17) is 9.97 Å². The van der Waals surface area contributed by atoms with Crippen molar-refractivity contribution in [3.63, 3.8) is 0 Å². The number of nitrogens with zero attached hydrogens (tertiary/aromatic N) is 3. The highest BCUT2D eigenvalue weighted by Crippen LogP contribution is 2.37. The second-order valence-electron chi connectivity index (χ2n) is 13.1. The summed E-state index contributed by atoms with van der Waals surface area (Å²) in [6.07, 6.45) is 9.29. The lowest BCUT2D eigenvalue weighted by Crippen LogP contribution is -1.98. The number of aliphatic carboxylic acids is 1. The lowest BCUT2D eigenvalue weighted by atomic mass is 10.0. The number of aryl methyl sites for hydroxylation is 3. The van der Waals surface area contributed by atoms with Crippen LogP contribution in [0.2, 0.25) is 0 Å². The van der Waals surface area contributed by atoms with Crippen LogP contribution in [0.5, 0.6) is 0 Å². The van der Waals surface area contributed by atoms with Crippen LogP contribution in [0.1, 0.15) is 45.0 Å². The summed E-state index contributed by atoms with van der Waals surface area (Å²) >= 11 is 0. The van der Waals surface area contributed by atoms with E-state index in [0.29, 0.717) is 22.5 Å². The van der Waals surface area contributed by atoms with Crippen LogP contribution in [0.3, 0.4) is 0 Å². The second-order valence-corrected chi connectivity index (χ2v) is 13.1. The maximum absolute atomic E-state index is 12.1. The maximum Gasteiger partial charge on any atom is 0.346 e. The lowest BCUT2D eigenvalue weighted by Gasteiger charge is -2.07. The van der Waals surface area contributed by atoms with Gasteiger partial charge in [-0.25, -0.2) is 14.8 Å². The summed E-state index contributed by atoms with van der Waals surface area (Å²) < 4.78 is 0. The van der Waals surface area contributed by atoms with Crippen molar-refractivity contribution in [2.24, 2.45) is 0 Å². The molecule has 0 fully saturated rings. The molecule has 8 rings (SSSR count). The molecule has 0 saturated heterocycles. The van der Waals surface area contributed by atoms with Gasteiger partial charge < -0.3 is 15.1 Å². The summed E-state index contributed by atoms with van der Waals surface area (Å²) in [6, 6.07) is 35.0. The highest BCUT2D eigenvalue weighted by atomic mass is 16.4. The molecule has 7 nitrogen and oxygen atoms in total. The van der Waals surface area contributed by atoms with Gasteiger partial charge in [-0.1, -0.05) is 89.5 Å². The number of carboxylic acids is 1. The molecule has 2 aliphatic rings. The van der Waals surface area contributed by atoms with Gasteiger partial charge >= 0.3 is 5.97 Å². The zero-order valence-electron chi connectivity index (χ0n) is 28.8. The van der Waals surface area contributed by atoms with Gasteiger partial charge in [-0.05, 0) is 92.1 Å². The van der Waals surface area contributed by atoms with Crippen LogP contribution >= 0.6 is 0 Å². The van der Waals surface area contributed by atoms with E-state index in [0.717, 1.165) is 72.4 Å². The average Bonchev–Trinajstić information content (AvgIpc) is 3.98. The van der Waals surface area contributed by atoms with Crippen LogP contribution < -0.4 is 0 Å². The number of aromatic amines is 2. The fourth-order valence-electron chi connectivity index (χ4n) is 6.74. The van der Waals surface area contributed by atoms with Gasteiger partial charge in [0, 0.05) is 44.3 Å². The number of aromatic nitrogens is 4. The number of carbonyl (C=O) groups is 1. The molecule has 0 amide bonds. The van der Waals surface area contributed by atoms with E-state index in [2.05, 4.69) is 122 Å². The van der Waals surface area contributed by atoms with Gasteiger partial charge in [-0.2, -0.15) is 5.26 Å². The van der Waals surface area contributed by atoms with E-state index >= 15 is 0 Å². The molecule has 3 aromatic carbocycles. The molecule has 3 aromatic heterocycles. The predicted molar refractivity (Wildman–Crippen MR) is 211 cm³/mol. The zero-order chi connectivity index (χ0) is 35.9. The Morgan fingerprint density at radius 2 is 0.904 bits per heavy atom. The molecule has 0 aliphatic carbocycles. The number of nitriles is 1. The number of rotatable bonds is 5. The number of benzene rings is 3. The van der Waals surface area contributed by atoms with Gasteiger partial charge in [-0.3, -0.25) is 0 Å². The minimum atomic E-state index is -1.31. The van der Waals surface area contributed by atoms with Gasteiger partial charge in [0.05, 0.1) is 22.8 Å². The normalized spacial score (nSPS) is 12.2. The lowest BCUT2D eigenvalue weighted by molar-refractivity contribution is -0.132. The van der Waals surface area contributed by atoms with Crippen LogP contribution in [0.15, 0.2) is 103 Å². The van der Waals surface area contributed by atoms with Crippen molar-refractivity contribution in [3.8, 4) is 39.4 Å². The summed E-state index contributed by atoms with van der Waals surface area (Å²) in [5.74, 6) is -1.31. The quantitative estimate of drug-likeness (QED) is 0.124. The van der Waals surface area contributed by atoms with Crippen molar-refractivity contribution in [1.82, 2.24) is 19.9 Å². The molecule has 52 heavy (non-hydrogen) atoms. The van der Waals surface area contributed by atoms with E-state index in [1.807, 2.05) is 36.4 Å². The van der Waals surface area contributed by atoms with Crippen molar-refractivity contribution in [2.45, 2.75) is 20.8 Å². The fourth-order valence-corrected chi connectivity index (χ4v) is 6.74. The summed E-state index contributed by atoms with van der Waals surface area (Å²) in [5, 5.41) is 19.7. The maximum atomic E-state index is 12.1. The van der Waals surface area contributed by atoms with Crippen molar-refractivity contribution in [1.29, 1.82) is 5.26 Å². The van der Waals surface area contributed by atoms with Crippen molar-refractivity contribution >= 4 is 58.4 Å². The molecule has 0 atom stereocenters. The molecule has 3 N–H and O–H groups in total. The molecule has 0 unspecified atom stereocenters. The summed E-state index contributed by atoms with van der Waals surface area (Å²) in [5.41, 5.74) is 15.2. The fraction of sp³-hybridized carbons (Fsp3) is 0.0667. The summed E-state index contributed by atoms with van der Waals surface area (Å²) in [6.45, 7) is 6.19. The predicted octanol–water partition coefficient (Wildman–Crippen LogP) is 10.6. The van der Waals surface area contributed by atoms with E-state index < -0.39 is 11.5 Å². The van der Waals surface area contributed by atoms with Crippen LogP contribution in [0.25, 0.3) is 85.8 Å². The van der Waals surface area contributed by atoms with Gasteiger partial charge in [0.25, 0.3) is 0 Å². The summed E-state index contributed by atoms with van der Waals surface area (Å²) in [4.78, 5) is 29.8. The highest BCUT2D eigenvalue weighted by Gasteiger charge is 2.19. The molecule has 0 spiro atoms. The zero-order valence-corrected chi connectivity index (χ0v) is 28.8. The molecule has 0 radical (unpaired) electrons. The van der Waals surface area contributed by atoms with Crippen molar-refractivity contribution < 1.29 is 9.90 Å². The van der Waals surface area contributed by atoms with Crippen LogP contribution in [0.4, 0.5) is 0 Å². The van der Waals surface area contributed by atoms with Crippen molar-refractivity contribution in [3.05, 3.63) is 148 Å². The molecule has 5 heterocycles. The largest absolute Gasteiger partial charge is 0.477 e. The number of hydrogen-bond donors (Lipinski definition) is 3. The number of fused-ring (bicyclic) bond motifs is 8. The first-order valence-electron chi connectivity index (χ1n) is 17.0. The first kappa shape index (κ1) is 32.2. The Morgan fingerprint density at radius 1 is 0.558 bits per heavy atom. The van der Waals surface area contributed by atoms with Crippen LogP contribution in [0, 0.1) is 32.1 Å². The Kier molecular flexibility index (Phi) is 8.05. The minimum absolute atomic E-state index is 0.397. The monoisotopic (exact) mass is 675 g/mol. The summed E-state index contributed by atoms with van der Waals surface area (Å²) in [7, 11) is 0. The first-order valence-corrected chi connectivity index (χ1v) is 17.0. The second kappa shape index (κ2) is 13.0. The topological polar surface area (TPSA) is 118 Å². The van der Waals surface area contributed by atoms with Crippen molar-refractivity contribution in [2.75, 3.05) is 0 Å². The number of nitrogens with one attached hydrogen (secondary N) is 2. The third-order valence-electron chi connectivity index (χ3n) is 9.45. The average molecular weight is 676 g/mol. The molecule has 2 aliphatic heterocycles. The smallest absolute Gasteiger partial charge is 0.346 e. The minimum Gasteiger partial charge on any atom is -0.477 e. The molecular formula is C45H33N5O2. The molecule has 8 bridgehead atoms. The molecule has 250 valence electrons. The molecule has 7 heteroatoms. The van der Waals surface area contributed by atoms with Gasteiger partial charge in [0.15, 0.2) is 0 Å². The Hall–Kier alpha value is -7.04. The van der Waals surface area contributed by atoms with E-state index in [-0.39, 0.29) is 0 Å². The Morgan fingerprint density at radius 3 is 1.29 bits per heavy atom. The van der Waals surface area contributed by atoms with Crippen LogP contribution in [-0.2, 0) is 4.79 Å². The van der Waals surface area contributed by atoms with E-state index in [1.165, 1.54) is 11.6 Å². The Labute approximate surface area is 300 Å². The number of hydrogen-bond acceptors (Lipinski definition) is 4. The molecule has 0 saturated carbocycles.